The summed E-state index contributed by atoms with van der Waals surface area (Å²) in [5.74, 6) is 0.0373. The second-order valence-electron chi connectivity index (χ2n) is 8.99. The maximum Gasteiger partial charge on any atom is 0.243 e. The number of hydrogen-bond donors (Lipinski definition) is 3. The smallest absolute Gasteiger partial charge is 0.243 e. The van der Waals surface area contributed by atoms with Crippen LogP contribution in [0, 0.1) is 13.8 Å². The fourth-order valence-electron chi connectivity index (χ4n) is 3.70. The van der Waals surface area contributed by atoms with E-state index in [2.05, 4.69) is 15.0 Å². The third-order valence-electron chi connectivity index (χ3n) is 5.57. The number of benzene rings is 2. The molecule has 0 saturated carbocycles. The topological polar surface area (TPSA) is 123 Å². The van der Waals surface area contributed by atoms with Crippen LogP contribution >= 0.6 is 23.2 Å². The van der Waals surface area contributed by atoms with Crippen LogP contribution < -0.4 is 20.5 Å². The van der Waals surface area contributed by atoms with Crippen LogP contribution in [0.4, 0.5) is 0 Å². The van der Waals surface area contributed by atoms with Crippen molar-refractivity contribution in [1.29, 1.82) is 0 Å². The van der Waals surface area contributed by atoms with Gasteiger partial charge in [0.05, 0.1) is 5.02 Å². The number of nitrogens with one attached hydrogen (secondary N) is 2. The molecule has 3 aromatic rings. The molecule has 194 valence electrons. The van der Waals surface area contributed by atoms with Gasteiger partial charge < -0.3 is 15.8 Å². The van der Waals surface area contributed by atoms with Gasteiger partial charge in [-0.3, -0.25) is 4.79 Å². The van der Waals surface area contributed by atoms with Gasteiger partial charge in [0.15, 0.2) is 0 Å². The highest BCUT2D eigenvalue weighted by atomic mass is 35.5. The van der Waals surface area contributed by atoms with E-state index >= 15 is 0 Å². The lowest BCUT2D eigenvalue weighted by Gasteiger charge is -2.25. The van der Waals surface area contributed by atoms with Crippen LogP contribution in [0.2, 0.25) is 10.0 Å². The summed E-state index contributed by atoms with van der Waals surface area (Å²) in [6.45, 7) is 7.49. The fraction of sp³-hybridized carbons (Fsp3) is 0.360. The monoisotopic (exact) mass is 552 g/mol. The summed E-state index contributed by atoms with van der Waals surface area (Å²) in [7, 11) is -4.19. The van der Waals surface area contributed by atoms with Crippen LogP contribution in [-0.2, 0) is 21.4 Å². The Labute approximate surface area is 221 Å². The van der Waals surface area contributed by atoms with E-state index < -0.39 is 21.5 Å². The zero-order valence-corrected chi connectivity index (χ0v) is 22.9. The number of ether oxygens (including phenoxy) is 1. The summed E-state index contributed by atoms with van der Waals surface area (Å²) >= 11 is 12.9. The Hall–Kier alpha value is -2.43. The van der Waals surface area contributed by atoms with Crippen molar-refractivity contribution in [2.45, 2.75) is 51.2 Å². The summed E-state index contributed by atoms with van der Waals surface area (Å²) in [6, 6.07) is 10.3. The van der Waals surface area contributed by atoms with Gasteiger partial charge in [0, 0.05) is 28.2 Å². The molecule has 0 saturated heterocycles. The van der Waals surface area contributed by atoms with Gasteiger partial charge >= 0.3 is 0 Å². The molecule has 0 radical (unpaired) electrons. The number of fused-ring (bicyclic) bond motifs is 1. The number of pyridine rings is 1. The van der Waals surface area contributed by atoms with Gasteiger partial charge in [-0.15, -0.1) is 0 Å². The quantitative estimate of drug-likeness (QED) is 0.323. The lowest BCUT2D eigenvalue weighted by Crippen LogP contribution is -2.54. The first-order valence-electron chi connectivity index (χ1n) is 11.4. The molecule has 2 aromatic carbocycles. The maximum absolute atomic E-state index is 13.2. The molecule has 0 fully saturated rings. The molecule has 11 heteroatoms. The molecule has 1 heterocycles. The zero-order valence-electron chi connectivity index (χ0n) is 20.6. The maximum atomic E-state index is 13.2. The highest BCUT2D eigenvalue weighted by molar-refractivity contribution is 7.89. The third kappa shape index (κ3) is 6.27. The molecular formula is C25H30Cl2N4O4S. The SMILES string of the molecule is Cc1cc(C)c2cccc(OCc3c(Cl)ccc(S(=O)(=O)NC(C)(C)C(=O)NCCCN)c3Cl)c2n1. The highest BCUT2D eigenvalue weighted by Crippen LogP contribution is 2.34. The van der Waals surface area contributed by atoms with Crippen molar-refractivity contribution in [3.63, 3.8) is 0 Å². The molecule has 36 heavy (non-hydrogen) atoms. The van der Waals surface area contributed by atoms with Gasteiger partial charge in [-0.25, -0.2) is 13.4 Å². The van der Waals surface area contributed by atoms with Gasteiger partial charge in [-0.1, -0.05) is 35.3 Å². The summed E-state index contributed by atoms with van der Waals surface area (Å²) in [6.07, 6.45) is 0.576. The van der Waals surface area contributed by atoms with Gasteiger partial charge in [0.1, 0.15) is 28.3 Å². The molecule has 1 aromatic heterocycles. The molecule has 0 bridgehead atoms. The molecule has 1 amide bonds. The Balaban J connectivity index is 1.88. The molecular weight excluding hydrogens is 523 g/mol. The molecule has 0 spiro atoms. The first-order chi connectivity index (χ1) is 16.9. The minimum Gasteiger partial charge on any atom is -0.487 e. The van der Waals surface area contributed by atoms with E-state index in [1.165, 1.54) is 26.0 Å². The van der Waals surface area contributed by atoms with Gasteiger partial charge in [-0.05, 0) is 70.5 Å². The Morgan fingerprint density at radius 3 is 2.58 bits per heavy atom. The minimum absolute atomic E-state index is 0.0855. The van der Waals surface area contributed by atoms with Crippen molar-refractivity contribution in [2.75, 3.05) is 13.1 Å². The summed E-state index contributed by atoms with van der Waals surface area (Å²) in [5, 5.41) is 3.78. The van der Waals surface area contributed by atoms with Gasteiger partial charge in [-0.2, -0.15) is 4.72 Å². The Kier molecular flexibility index (Phi) is 8.84. The number of aryl methyl sites for hydroxylation is 2. The lowest BCUT2D eigenvalue weighted by atomic mass is 10.1. The number of carbonyl (C=O) groups excluding carboxylic acids is 1. The third-order valence-corrected chi connectivity index (χ3v) is 8.17. The number of nitrogens with two attached hydrogens (primary N) is 1. The summed E-state index contributed by atoms with van der Waals surface area (Å²) in [5.41, 5.74) is 6.91. The number of para-hydroxylation sites is 1. The van der Waals surface area contributed by atoms with E-state index in [1.54, 1.807) is 6.07 Å². The van der Waals surface area contributed by atoms with Gasteiger partial charge in [0.2, 0.25) is 15.9 Å². The Morgan fingerprint density at radius 2 is 1.89 bits per heavy atom. The minimum atomic E-state index is -4.19. The van der Waals surface area contributed by atoms with Crippen molar-refractivity contribution < 1.29 is 17.9 Å². The van der Waals surface area contributed by atoms with Crippen LogP contribution in [0.5, 0.6) is 5.75 Å². The average Bonchev–Trinajstić information content (AvgIpc) is 2.78. The van der Waals surface area contributed by atoms with Crippen LogP contribution in [0.15, 0.2) is 41.3 Å². The normalized spacial score (nSPS) is 12.1. The number of hydrogen-bond acceptors (Lipinski definition) is 6. The number of rotatable bonds is 10. The fourth-order valence-corrected chi connectivity index (χ4v) is 5.97. The number of amides is 1. The molecule has 4 N–H and O–H groups in total. The average molecular weight is 554 g/mol. The van der Waals surface area contributed by atoms with Gasteiger partial charge in [0.25, 0.3) is 0 Å². The molecule has 0 atom stereocenters. The van der Waals surface area contributed by atoms with E-state index in [1.807, 2.05) is 32.0 Å². The largest absolute Gasteiger partial charge is 0.487 e. The molecule has 3 rings (SSSR count). The van der Waals surface area contributed by atoms with Crippen LogP contribution in [-0.4, -0.2) is 37.9 Å². The lowest BCUT2D eigenvalue weighted by molar-refractivity contribution is -0.125. The van der Waals surface area contributed by atoms with Crippen molar-refractivity contribution in [2.24, 2.45) is 5.73 Å². The second-order valence-corrected chi connectivity index (χ2v) is 11.4. The van der Waals surface area contributed by atoms with E-state index in [4.69, 9.17) is 33.7 Å². The number of halogens is 2. The number of carbonyl (C=O) groups is 1. The summed E-state index contributed by atoms with van der Waals surface area (Å²) in [4.78, 5) is 16.9. The van der Waals surface area contributed by atoms with Crippen molar-refractivity contribution >= 4 is 50.0 Å². The second kappa shape index (κ2) is 11.3. The molecule has 0 aliphatic heterocycles. The Bertz CT molecular complexity index is 1390. The van der Waals surface area contributed by atoms with Crippen molar-refractivity contribution in [1.82, 2.24) is 15.0 Å². The molecule has 8 nitrogen and oxygen atoms in total. The number of nitrogens with zero attached hydrogens (tertiary/aromatic N) is 1. The molecule has 0 aliphatic carbocycles. The van der Waals surface area contributed by atoms with Crippen LogP contribution in [0.1, 0.15) is 37.1 Å². The van der Waals surface area contributed by atoms with E-state index in [9.17, 15) is 13.2 Å². The number of aromatic nitrogens is 1. The standard InChI is InChI=1S/C25H30Cl2N4O4S/c1-15-13-16(2)30-23-17(15)7-5-8-20(23)35-14-18-19(26)9-10-21(22(18)27)36(33,34)31-25(3,4)24(32)29-12-6-11-28/h5,7-10,13,31H,6,11-12,14,28H2,1-4H3,(H,29,32). The highest BCUT2D eigenvalue weighted by Gasteiger charge is 2.34. The van der Waals surface area contributed by atoms with Crippen LogP contribution in [0.25, 0.3) is 10.9 Å². The van der Waals surface area contributed by atoms with E-state index in [-0.39, 0.29) is 21.5 Å². The van der Waals surface area contributed by atoms with E-state index in [0.717, 1.165) is 16.6 Å². The number of sulfonamides is 1. The molecule has 0 aliphatic rings. The predicted molar refractivity (Wildman–Crippen MR) is 143 cm³/mol. The van der Waals surface area contributed by atoms with Crippen molar-refractivity contribution in [3.05, 3.63) is 63.3 Å². The first kappa shape index (κ1) is 28.1. The Morgan fingerprint density at radius 1 is 1.17 bits per heavy atom. The zero-order chi connectivity index (χ0) is 26.7. The van der Waals surface area contributed by atoms with E-state index in [0.29, 0.717) is 36.3 Å². The van der Waals surface area contributed by atoms with Crippen LogP contribution in [0.3, 0.4) is 0 Å². The molecule has 0 unspecified atom stereocenters. The predicted octanol–water partition coefficient (Wildman–Crippen LogP) is 4.26. The first-order valence-corrected chi connectivity index (χ1v) is 13.6. The summed E-state index contributed by atoms with van der Waals surface area (Å²) < 4.78 is 34.8. The van der Waals surface area contributed by atoms with Crippen molar-refractivity contribution in [3.8, 4) is 5.75 Å².